The Morgan fingerprint density at radius 1 is 1.25 bits per heavy atom. The van der Waals surface area contributed by atoms with Crippen LogP contribution in [0.3, 0.4) is 0 Å². The average Bonchev–Trinajstić information content (AvgIpc) is 2.49. The number of para-hydroxylation sites is 1. The molecule has 0 aliphatic heterocycles. The van der Waals surface area contributed by atoms with Crippen LogP contribution in [0, 0.1) is 11.3 Å². The number of benzene rings is 1. The van der Waals surface area contributed by atoms with Crippen molar-refractivity contribution in [2.24, 2.45) is 0 Å². The first-order chi connectivity index (χ1) is 9.69. The Morgan fingerprint density at radius 3 is 2.45 bits per heavy atom. The zero-order valence-corrected chi connectivity index (χ0v) is 11.8. The summed E-state index contributed by atoms with van der Waals surface area (Å²) in [6, 6.07) is 10.00. The second-order valence-corrected chi connectivity index (χ2v) is 4.56. The first kappa shape index (κ1) is 13.9. The number of pyridine rings is 1. The number of aromatic nitrogens is 1. The summed E-state index contributed by atoms with van der Waals surface area (Å²) in [6.07, 6.45) is 3.41. The standard InChI is InChI=1S/C16H18N4/c1-3-11-6-5-7-12(4-2)15(11)20-16-13(9-17)8-14(18)10-19-16/h5-8,10H,3-4,18H2,1-2H3,(H,19,20). The van der Waals surface area contributed by atoms with Gasteiger partial charge in [-0.3, -0.25) is 0 Å². The highest BCUT2D eigenvalue weighted by Crippen LogP contribution is 2.27. The van der Waals surface area contributed by atoms with Crippen LogP contribution in [0.25, 0.3) is 0 Å². The molecule has 0 radical (unpaired) electrons. The maximum Gasteiger partial charge on any atom is 0.148 e. The molecule has 4 heteroatoms. The molecule has 0 unspecified atom stereocenters. The highest BCUT2D eigenvalue weighted by Gasteiger charge is 2.10. The molecule has 1 heterocycles. The SMILES string of the molecule is CCc1cccc(CC)c1Nc1ncc(N)cc1C#N. The monoisotopic (exact) mass is 266 g/mol. The van der Waals surface area contributed by atoms with Crippen LogP contribution in [0.15, 0.2) is 30.5 Å². The fraction of sp³-hybridized carbons (Fsp3) is 0.250. The molecule has 0 saturated carbocycles. The van der Waals surface area contributed by atoms with Gasteiger partial charge in [0.2, 0.25) is 0 Å². The Hall–Kier alpha value is -2.54. The van der Waals surface area contributed by atoms with E-state index in [1.54, 1.807) is 12.3 Å². The number of anilines is 3. The molecule has 1 aromatic heterocycles. The van der Waals surface area contributed by atoms with Gasteiger partial charge < -0.3 is 11.1 Å². The van der Waals surface area contributed by atoms with Gasteiger partial charge >= 0.3 is 0 Å². The number of nitriles is 1. The molecule has 1 aromatic carbocycles. The zero-order chi connectivity index (χ0) is 14.5. The van der Waals surface area contributed by atoms with Crippen molar-refractivity contribution in [1.29, 1.82) is 5.26 Å². The van der Waals surface area contributed by atoms with Crippen LogP contribution >= 0.6 is 0 Å². The van der Waals surface area contributed by atoms with Crippen molar-refractivity contribution in [3.8, 4) is 6.07 Å². The van der Waals surface area contributed by atoms with Gasteiger partial charge in [-0.15, -0.1) is 0 Å². The van der Waals surface area contributed by atoms with Crippen molar-refractivity contribution >= 4 is 17.2 Å². The van der Waals surface area contributed by atoms with E-state index in [9.17, 15) is 5.26 Å². The van der Waals surface area contributed by atoms with E-state index in [0.29, 0.717) is 17.1 Å². The van der Waals surface area contributed by atoms with Crippen LogP contribution in [0.5, 0.6) is 0 Å². The van der Waals surface area contributed by atoms with E-state index in [2.05, 4.69) is 48.4 Å². The maximum absolute atomic E-state index is 9.19. The third-order valence-corrected chi connectivity index (χ3v) is 3.27. The molecule has 2 rings (SSSR count). The van der Waals surface area contributed by atoms with E-state index in [4.69, 9.17) is 5.73 Å². The molecule has 0 aliphatic carbocycles. The molecule has 3 N–H and O–H groups in total. The second kappa shape index (κ2) is 6.07. The van der Waals surface area contributed by atoms with Gasteiger partial charge in [-0.25, -0.2) is 4.98 Å². The fourth-order valence-corrected chi connectivity index (χ4v) is 2.19. The first-order valence-electron chi connectivity index (χ1n) is 6.73. The predicted octanol–water partition coefficient (Wildman–Crippen LogP) is 3.40. The second-order valence-electron chi connectivity index (χ2n) is 4.56. The molecule has 2 aromatic rings. The first-order valence-corrected chi connectivity index (χ1v) is 6.73. The average molecular weight is 266 g/mol. The number of hydrogen-bond acceptors (Lipinski definition) is 4. The Kier molecular flexibility index (Phi) is 4.21. The van der Waals surface area contributed by atoms with Crippen molar-refractivity contribution in [3.05, 3.63) is 47.2 Å². The molecule has 102 valence electrons. The van der Waals surface area contributed by atoms with Gasteiger partial charge in [-0.05, 0) is 30.0 Å². The van der Waals surface area contributed by atoms with E-state index >= 15 is 0 Å². The van der Waals surface area contributed by atoms with Gasteiger partial charge in [0, 0.05) is 5.69 Å². The normalized spacial score (nSPS) is 10.1. The number of nitrogens with two attached hydrogens (primary N) is 1. The van der Waals surface area contributed by atoms with Crippen molar-refractivity contribution < 1.29 is 0 Å². The zero-order valence-electron chi connectivity index (χ0n) is 11.8. The summed E-state index contributed by atoms with van der Waals surface area (Å²) in [5.41, 5.74) is 10.1. The van der Waals surface area contributed by atoms with Crippen molar-refractivity contribution in [2.75, 3.05) is 11.1 Å². The van der Waals surface area contributed by atoms with Crippen LogP contribution in [0.4, 0.5) is 17.2 Å². The lowest BCUT2D eigenvalue weighted by Crippen LogP contribution is -2.04. The molecule has 20 heavy (non-hydrogen) atoms. The Bertz CT molecular complexity index is 634. The molecular formula is C16H18N4. The lowest BCUT2D eigenvalue weighted by Gasteiger charge is -2.15. The van der Waals surface area contributed by atoms with E-state index in [0.717, 1.165) is 18.5 Å². The van der Waals surface area contributed by atoms with Gasteiger partial charge in [0.25, 0.3) is 0 Å². The van der Waals surface area contributed by atoms with E-state index < -0.39 is 0 Å². The Balaban J connectivity index is 2.47. The number of rotatable bonds is 4. The minimum atomic E-state index is 0.456. The number of nitrogens with zero attached hydrogens (tertiary/aromatic N) is 2. The van der Waals surface area contributed by atoms with Crippen molar-refractivity contribution in [2.45, 2.75) is 26.7 Å². The molecular weight excluding hydrogens is 248 g/mol. The van der Waals surface area contributed by atoms with E-state index in [-0.39, 0.29) is 0 Å². The fourth-order valence-electron chi connectivity index (χ4n) is 2.19. The molecule has 0 amide bonds. The summed E-state index contributed by atoms with van der Waals surface area (Å²) < 4.78 is 0. The van der Waals surface area contributed by atoms with Gasteiger partial charge in [-0.1, -0.05) is 32.0 Å². The third-order valence-electron chi connectivity index (χ3n) is 3.27. The van der Waals surface area contributed by atoms with Gasteiger partial charge in [0.15, 0.2) is 0 Å². The summed E-state index contributed by atoms with van der Waals surface area (Å²) in [4.78, 5) is 4.24. The van der Waals surface area contributed by atoms with E-state index in [1.807, 2.05) is 0 Å². The topological polar surface area (TPSA) is 74.7 Å². The molecule has 0 saturated heterocycles. The third kappa shape index (κ3) is 2.72. The smallest absolute Gasteiger partial charge is 0.148 e. The largest absolute Gasteiger partial charge is 0.397 e. The molecule has 0 aliphatic rings. The minimum Gasteiger partial charge on any atom is -0.397 e. The lowest BCUT2D eigenvalue weighted by molar-refractivity contribution is 1.08. The van der Waals surface area contributed by atoms with Crippen LogP contribution in [-0.4, -0.2) is 4.98 Å². The highest BCUT2D eigenvalue weighted by molar-refractivity contribution is 5.70. The molecule has 4 nitrogen and oxygen atoms in total. The maximum atomic E-state index is 9.19. The Labute approximate surface area is 119 Å². The number of hydrogen-bond donors (Lipinski definition) is 2. The predicted molar refractivity (Wildman–Crippen MR) is 81.8 cm³/mol. The van der Waals surface area contributed by atoms with Crippen LogP contribution in [0.2, 0.25) is 0 Å². The quantitative estimate of drug-likeness (QED) is 0.889. The Morgan fingerprint density at radius 2 is 1.90 bits per heavy atom. The van der Waals surface area contributed by atoms with Crippen LogP contribution in [-0.2, 0) is 12.8 Å². The van der Waals surface area contributed by atoms with Crippen molar-refractivity contribution in [1.82, 2.24) is 4.98 Å². The molecule has 0 atom stereocenters. The number of nitrogen functional groups attached to an aromatic ring is 1. The van der Waals surface area contributed by atoms with Gasteiger partial charge in [0.1, 0.15) is 11.9 Å². The highest BCUT2D eigenvalue weighted by atomic mass is 15.0. The molecule has 0 fully saturated rings. The summed E-state index contributed by atoms with van der Waals surface area (Å²) >= 11 is 0. The molecule has 0 bridgehead atoms. The summed E-state index contributed by atoms with van der Waals surface area (Å²) in [6.45, 7) is 4.23. The minimum absolute atomic E-state index is 0.456. The van der Waals surface area contributed by atoms with Gasteiger partial charge in [-0.2, -0.15) is 5.26 Å². The summed E-state index contributed by atoms with van der Waals surface area (Å²) in [7, 11) is 0. The van der Waals surface area contributed by atoms with Crippen LogP contribution in [0.1, 0.15) is 30.5 Å². The van der Waals surface area contributed by atoms with E-state index in [1.165, 1.54) is 11.1 Å². The van der Waals surface area contributed by atoms with Crippen LogP contribution < -0.4 is 11.1 Å². The molecule has 0 spiro atoms. The van der Waals surface area contributed by atoms with Crippen molar-refractivity contribution in [3.63, 3.8) is 0 Å². The van der Waals surface area contributed by atoms with Gasteiger partial charge in [0.05, 0.1) is 17.4 Å². The lowest BCUT2D eigenvalue weighted by atomic mass is 10.0. The summed E-state index contributed by atoms with van der Waals surface area (Å²) in [5, 5.41) is 12.5. The number of nitrogens with one attached hydrogen (secondary N) is 1. The summed E-state index contributed by atoms with van der Waals surface area (Å²) in [5.74, 6) is 0.553. The number of aryl methyl sites for hydroxylation is 2.